The van der Waals surface area contributed by atoms with Crippen molar-refractivity contribution in [2.45, 2.75) is 6.42 Å². The summed E-state index contributed by atoms with van der Waals surface area (Å²) >= 11 is 0. The van der Waals surface area contributed by atoms with E-state index in [2.05, 4.69) is 4.99 Å². The SMILES string of the molecule is Cn1c(O)c(C(Cc2ccccc2)=NCC(=O)O)c(=O)n(C)c1=O. The lowest BCUT2D eigenvalue weighted by Gasteiger charge is -2.12. The van der Waals surface area contributed by atoms with E-state index in [1.54, 1.807) is 24.3 Å². The van der Waals surface area contributed by atoms with Gasteiger partial charge in [0, 0.05) is 20.5 Å². The van der Waals surface area contributed by atoms with Crippen LogP contribution in [-0.4, -0.2) is 37.6 Å². The molecule has 0 saturated heterocycles. The predicted octanol–water partition coefficient (Wildman–Crippen LogP) is -0.0940. The van der Waals surface area contributed by atoms with Crippen molar-refractivity contribution in [1.29, 1.82) is 0 Å². The molecule has 0 radical (unpaired) electrons. The van der Waals surface area contributed by atoms with Crippen LogP contribution in [0.5, 0.6) is 5.88 Å². The molecule has 0 fully saturated rings. The van der Waals surface area contributed by atoms with E-state index in [-0.39, 0.29) is 17.7 Å². The number of benzene rings is 1. The Kier molecular flexibility index (Phi) is 4.98. The van der Waals surface area contributed by atoms with Gasteiger partial charge in [0.25, 0.3) is 5.56 Å². The van der Waals surface area contributed by atoms with E-state index in [1.807, 2.05) is 6.07 Å². The Labute approximate surface area is 137 Å². The van der Waals surface area contributed by atoms with Crippen molar-refractivity contribution in [2.75, 3.05) is 6.54 Å². The maximum absolute atomic E-state index is 12.4. The minimum Gasteiger partial charge on any atom is -0.494 e. The summed E-state index contributed by atoms with van der Waals surface area (Å²) in [6, 6.07) is 8.99. The number of rotatable bonds is 5. The fourth-order valence-corrected chi connectivity index (χ4v) is 2.26. The van der Waals surface area contributed by atoms with Crippen LogP contribution in [0, 0.1) is 0 Å². The van der Waals surface area contributed by atoms with Crippen molar-refractivity contribution in [1.82, 2.24) is 9.13 Å². The third-order valence-corrected chi connectivity index (χ3v) is 3.54. The van der Waals surface area contributed by atoms with Crippen molar-refractivity contribution in [3.63, 3.8) is 0 Å². The molecule has 0 aliphatic heterocycles. The van der Waals surface area contributed by atoms with Crippen LogP contribution in [-0.2, 0) is 25.3 Å². The van der Waals surface area contributed by atoms with Crippen LogP contribution in [0.4, 0.5) is 0 Å². The molecule has 0 aliphatic carbocycles. The maximum atomic E-state index is 12.4. The Balaban J connectivity index is 2.65. The van der Waals surface area contributed by atoms with Gasteiger partial charge in [0.05, 0.1) is 5.71 Å². The summed E-state index contributed by atoms with van der Waals surface area (Å²) < 4.78 is 1.76. The number of aromatic hydroxyl groups is 1. The van der Waals surface area contributed by atoms with E-state index in [4.69, 9.17) is 5.11 Å². The van der Waals surface area contributed by atoms with E-state index >= 15 is 0 Å². The van der Waals surface area contributed by atoms with Crippen LogP contribution in [0.3, 0.4) is 0 Å². The predicted molar refractivity (Wildman–Crippen MR) is 87.8 cm³/mol. The summed E-state index contributed by atoms with van der Waals surface area (Å²) in [5.74, 6) is -1.70. The van der Waals surface area contributed by atoms with Gasteiger partial charge in [-0.05, 0) is 5.56 Å². The van der Waals surface area contributed by atoms with Gasteiger partial charge < -0.3 is 10.2 Å². The Bertz CT molecular complexity index is 910. The highest BCUT2D eigenvalue weighted by Crippen LogP contribution is 2.14. The second kappa shape index (κ2) is 6.95. The molecule has 24 heavy (non-hydrogen) atoms. The lowest BCUT2D eigenvalue weighted by atomic mass is 10.0. The van der Waals surface area contributed by atoms with E-state index < -0.39 is 29.6 Å². The quantitative estimate of drug-likeness (QED) is 0.743. The largest absolute Gasteiger partial charge is 0.494 e. The van der Waals surface area contributed by atoms with Gasteiger partial charge in [0.15, 0.2) is 0 Å². The highest BCUT2D eigenvalue weighted by Gasteiger charge is 2.20. The second-order valence-electron chi connectivity index (χ2n) is 5.22. The first-order chi connectivity index (χ1) is 11.3. The van der Waals surface area contributed by atoms with Gasteiger partial charge >= 0.3 is 11.7 Å². The van der Waals surface area contributed by atoms with Crippen LogP contribution in [0.1, 0.15) is 11.1 Å². The van der Waals surface area contributed by atoms with Crippen molar-refractivity contribution < 1.29 is 15.0 Å². The molecule has 0 unspecified atom stereocenters. The van der Waals surface area contributed by atoms with E-state index in [9.17, 15) is 19.5 Å². The van der Waals surface area contributed by atoms with Crippen molar-refractivity contribution >= 4 is 11.7 Å². The number of hydrogen-bond donors (Lipinski definition) is 2. The Hall–Kier alpha value is -3.16. The number of carbonyl (C=O) groups is 1. The minimum absolute atomic E-state index is 0.109. The summed E-state index contributed by atoms with van der Waals surface area (Å²) in [7, 11) is 2.60. The molecule has 0 saturated carbocycles. The number of aliphatic imine (C=N–C) groups is 1. The molecule has 126 valence electrons. The molecule has 0 amide bonds. The van der Waals surface area contributed by atoms with Gasteiger partial charge in [-0.2, -0.15) is 0 Å². The molecule has 0 aliphatic rings. The first-order valence-electron chi connectivity index (χ1n) is 7.11. The smallest absolute Gasteiger partial charge is 0.333 e. The Morgan fingerprint density at radius 2 is 1.75 bits per heavy atom. The van der Waals surface area contributed by atoms with Gasteiger partial charge in [0.2, 0.25) is 5.88 Å². The Morgan fingerprint density at radius 1 is 1.12 bits per heavy atom. The molecule has 2 aromatic rings. The maximum Gasteiger partial charge on any atom is 0.333 e. The first kappa shape index (κ1) is 17.2. The number of nitrogens with zero attached hydrogens (tertiary/aromatic N) is 3. The molecule has 1 heterocycles. The molecular formula is C16H17N3O5. The number of carboxylic acid groups (broad SMARTS) is 1. The van der Waals surface area contributed by atoms with Gasteiger partial charge in [-0.25, -0.2) is 4.79 Å². The third kappa shape index (κ3) is 3.43. The summed E-state index contributed by atoms with van der Waals surface area (Å²) in [6.07, 6.45) is 0.148. The summed E-state index contributed by atoms with van der Waals surface area (Å²) in [4.78, 5) is 39.0. The molecule has 8 nitrogen and oxygen atoms in total. The van der Waals surface area contributed by atoms with Crippen molar-refractivity contribution in [3.8, 4) is 5.88 Å². The van der Waals surface area contributed by atoms with Gasteiger partial charge in [0.1, 0.15) is 12.1 Å². The van der Waals surface area contributed by atoms with Crippen molar-refractivity contribution in [3.05, 3.63) is 62.3 Å². The highest BCUT2D eigenvalue weighted by molar-refractivity contribution is 6.04. The molecule has 0 atom stereocenters. The zero-order chi connectivity index (χ0) is 17.9. The zero-order valence-electron chi connectivity index (χ0n) is 13.3. The normalized spacial score (nSPS) is 11.5. The molecular weight excluding hydrogens is 314 g/mol. The molecule has 2 N–H and O–H groups in total. The highest BCUT2D eigenvalue weighted by atomic mass is 16.4. The lowest BCUT2D eigenvalue weighted by Crippen LogP contribution is -2.40. The van der Waals surface area contributed by atoms with E-state index in [0.29, 0.717) is 0 Å². The number of aromatic nitrogens is 2. The number of aliphatic carboxylic acids is 1. The minimum atomic E-state index is -1.17. The summed E-state index contributed by atoms with van der Waals surface area (Å²) in [6.45, 7) is -0.548. The third-order valence-electron chi connectivity index (χ3n) is 3.54. The van der Waals surface area contributed by atoms with Crippen molar-refractivity contribution in [2.24, 2.45) is 19.1 Å². The first-order valence-corrected chi connectivity index (χ1v) is 7.11. The zero-order valence-corrected chi connectivity index (χ0v) is 13.3. The van der Waals surface area contributed by atoms with Gasteiger partial charge in [-0.15, -0.1) is 0 Å². The number of hydrogen-bond acceptors (Lipinski definition) is 5. The second-order valence-corrected chi connectivity index (χ2v) is 5.22. The van der Waals surface area contributed by atoms with E-state index in [0.717, 1.165) is 14.7 Å². The Morgan fingerprint density at radius 3 is 2.33 bits per heavy atom. The average molecular weight is 331 g/mol. The lowest BCUT2D eigenvalue weighted by molar-refractivity contribution is -0.135. The average Bonchev–Trinajstić information content (AvgIpc) is 2.57. The monoisotopic (exact) mass is 331 g/mol. The number of carboxylic acids is 1. The molecule has 0 bridgehead atoms. The molecule has 1 aromatic carbocycles. The molecule has 8 heteroatoms. The van der Waals surface area contributed by atoms with Gasteiger partial charge in [-0.1, -0.05) is 30.3 Å². The van der Waals surface area contributed by atoms with E-state index in [1.165, 1.54) is 14.1 Å². The standard InChI is InChI=1S/C16H17N3O5/c1-18-14(22)13(15(23)19(2)16(18)24)11(17-9-12(20)21)8-10-6-4-3-5-7-10/h3-7,22H,8-9H2,1-2H3,(H,20,21). The summed E-state index contributed by atoms with van der Waals surface area (Å²) in [5, 5.41) is 19.1. The topological polar surface area (TPSA) is 114 Å². The molecule has 1 aromatic heterocycles. The van der Waals surface area contributed by atoms with Crippen LogP contribution < -0.4 is 11.2 Å². The summed E-state index contributed by atoms with van der Waals surface area (Å²) in [5.41, 5.74) is -0.687. The van der Waals surface area contributed by atoms with Crippen LogP contribution in [0.2, 0.25) is 0 Å². The fourth-order valence-electron chi connectivity index (χ4n) is 2.26. The molecule has 0 spiro atoms. The van der Waals surface area contributed by atoms with Gasteiger partial charge in [-0.3, -0.25) is 23.7 Å². The van der Waals surface area contributed by atoms with Crippen LogP contribution in [0.15, 0.2) is 44.9 Å². The van der Waals surface area contributed by atoms with Crippen LogP contribution in [0.25, 0.3) is 0 Å². The fraction of sp³-hybridized carbons (Fsp3) is 0.250. The van der Waals surface area contributed by atoms with Crippen LogP contribution >= 0.6 is 0 Å². The molecule has 2 rings (SSSR count).